The Labute approximate surface area is 106 Å². The first-order chi connectivity index (χ1) is 8.84. The van der Waals surface area contributed by atoms with E-state index in [1.807, 2.05) is 36.4 Å². The Morgan fingerprint density at radius 1 is 1.11 bits per heavy atom. The van der Waals surface area contributed by atoms with Gasteiger partial charge in [-0.05, 0) is 25.0 Å². The van der Waals surface area contributed by atoms with Gasteiger partial charge in [0.25, 0.3) is 5.91 Å². The molecule has 0 aliphatic heterocycles. The molecule has 1 fully saturated rings. The first-order valence-corrected chi connectivity index (χ1v) is 6.16. The number of pyridine rings is 1. The van der Waals surface area contributed by atoms with Crippen LogP contribution in [0.1, 0.15) is 23.2 Å². The van der Waals surface area contributed by atoms with Crippen LogP contribution in [-0.2, 0) is 0 Å². The number of nitrogens with one attached hydrogen (secondary N) is 1. The van der Waals surface area contributed by atoms with Crippen molar-refractivity contribution in [3.05, 3.63) is 54.2 Å². The molecule has 1 aromatic heterocycles. The first kappa shape index (κ1) is 11.0. The number of nitrogens with zero attached hydrogens (tertiary/aromatic N) is 1. The van der Waals surface area contributed by atoms with Crippen molar-refractivity contribution in [2.24, 2.45) is 0 Å². The molecule has 3 heteroatoms. The lowest BCUT2D eigenvalue weighted by atomic mass is 10.1. The van der Waals surface area contributed by atoms with Crippen LogP contribution in [0.4, 0.5) is 0 Å². The lowest BCUT2D eigenvalue weighted by Gasteiger charge is -2.08. The van der Waals surface area contributed by atoms with Gasteiger partial charge in [-0.15, -0.1) is 0 Å². The highest BCUT2D eigenvalue weighted by Crippen LogP contribution is 2.23. The normalized spacial score (nSPS) is 14.2. The van der Waals surface area contributed by atoms with Crippen LogP contribution in [0.15, 0.2) is 48.7 Å². The Bertz CT molecular complexity index is 562. The Morgan fingerprint density at radius 3 is 2.61 bits per heavy atom. The molecule has 0 spiro atoms. The molecule has 0 atom stereocenters. The minimum absolute atomic E-state index is 0.0237. The van der Waals surface area contributed by atoms with E-state index in [1.54, 1.807) is 12.3 Å². The molecule has 1 aliphatic rings. The fraction of sp³-hybridized carbons (Fsp3) is 0.200. The number of amides is 1. The number of hydrogen-bond acceptors (Lipinski definition) is 2. The molecule has 1 aliphatic carbocycles. The predicted octanol–water partition coefficient (Wildman–Crippen LogP) is 2.64. The van der Waals surface area contributed by atoms with Gasteiger partial charge in [0.2, 0.25) is 0 Å². The van der Waals surface area contributed by atoms with Crippen molar-refractivity contribution >= 4 is 5.91 Å². The van der Waals surface area contributed by atoms with Gasteiger partial charge in [0.1, 0.15) is 0 Å². The minimum Gasteiger partial charge on any atom is -0.349 e. The average molecular weight is 238 g/mol. The molecular formula is C15H14N2O. The summed E-state index contributed by atoms with van der Waals surface area (Å²) >= 11 is 0. The molecular weight excluding hydrogens is 224 g/mol. The van der Waals surface area contributed by atoms with Crippen LogP contribution >= 0.6 is 0 Å². The van der Waals surface area contributed by atoms with Crippen molar-refractivity contribution in [1.82, 2.24) is 10.3 Å². The number of hydrogen-bond donors (Lipinski definition) is 1. The summed E-state index contributed by atoms with van der Waals surface area (Å²) in [5.74, 6) is -0.0237. The van der Waals surface area contributed by atoms with E-state index in [4.69, 9.17) is 0 Å². The second-order valence-corrected chi connectivity index (χ2v) is 4.51. The van der Waals surface area contributed by atoms with E-state index in [0.717, 1.165) is 24.1 Å². The van der Waals surface area contributed by atoms with Crippen LogP contribution in [0, 0.1) is 0 Å². The molecule has 1 amide bonds. The second-order valence-electron chi connectivity index (χ2n) is 4.51. The Kier molecular flexibility index (Phi) is 2.81. The van der Waals surface area contributed by atoms with E-state index in [2.05, 4.69) is 10.3 Å². The molecule has 3 rings (SSSR count). The van der Waals surface area contributed by atoms with Crippen molar-refractivity contribution in [2.45, 2.75) is 18.9 Å². The number of carbonyl (C=O) groups excluding carboxylic acids is 1. The average Bonchev–Trinajstić information content (AvgIpc) is 3.24. The van der Waals surface area contributed by atoms with Gasteiger partial charge in [-0.1, -0.05) is 30.3 Å². The highest BCUT2D eigenvalue weighted by atomic mass is 16.1. The lowest BCUT2D eigenvalue weighted by Crippen LogP contribution is -2.26. The molecule has 1 heterocycles. The van der Waals surface area contributed by atoms with Gasteiger partial charge in [0, 0.05) is 17.8 Å². The Hall–Kier alpha value is -2.16. The van der Waals surface area contributed by atoms with E-state index in [-0.39, 0.29) is 5.91 Å². The van der Waals surface area contributed by atoms with Crippen LogP contribution in [0.3, 0.4) is 0 Å². The minimum atomic E-state index is -0.0237. The zero-order valence-electron chi connectivity index (χ0n) is 9.97. The SMILES string of the molecule is O=C(NC1CC1)c1cccnc1-c1ccccc1. The van der Waals surface area contributed by atoms with Gasteiger partial charge in [0.15, 0.2) is 0 Å². The van der Waals surface area contributed by atoms with E-state index in [9.17, 15) is 4.79 Å². The van der Waals surface area contributed by atoms with Crippen molar-refractivity contribution < 1.29 is 4.79 Å². The third-order valence-corrected chi connectivity index (χ3v) is 3.01. The Morgan fingerprint density at radius 2 is 1.89 bits per heavy atom. The number of carbonyl (C=O) groups is 1. The molecule has 90 valence electrons. The van der Waals surface area contributed by atoms with Gasteiger partial charge < -0.3 is 5.32 Å². The van der Waals surface area contributed by atoms with Gasteiger partial charge in [0.05, 0.1) is 11.3 Å². The maximum absolute atomic E-state index is 12.1. The van der Waals surface area contributed by atoms with Crippen molar-refractivity contribution in [3.8, 4) is 11.3 Å². The molecule has 0 unspecified atom stereocenters. The van der Waals surface area contributed by atoms with Crippen molar-refractivity contribution in [3.63, 3.8) is 0 Å². The summed E-state index contributed by atoms with van der Waals surface area (Å²) < 4.78 is 0. The summed E-state index contributed by atoms with van der Waals surface area (Å²) in [6.07, 6.45) is 3.90. The molecule has 1 aromatic carbocycles. The first-order valence-electron chi connectivity index (χ1n) is 6.16. The maximum atomic E-state index is 12.1. The molecule has 2 aromatic rings. The molecule has 0 bridgehead atoms. The van der Waals surface area contributed by atoms with Crippen molar-refractivity contribution in [2.75, 3.05) is 0 Å². The molecule has 1 saturated carbocycles. The quantitative estimate of drug-likeness (QED) is 0.893. The monoisotopic (exact) mass is 238 g/mol. The third kappa shape index (κ3) is 2.25. The molecule has 18 heavy (non-hydrogen) atoms. The number of aromatic nitrogens is 1. The highest BCUT2D eigenvalue weighted by molar-refractivity contribution is 6.00. The Balaban J connectivity index is 1.96. The van der Waals surface area contributed by atoms with E-state index >= 15 is 0 Å². The zero-order chi connectivity index (χ0) is 12.4. The van der Waals surface area contributed by atoms with Gasteiger partial charge in [-0.3, -0.25) is 9.78 Å². The lowest BCUT2D eigenvalue weighted by molar-refractivity contribution is 0.0951. The van der Waals surface area contributed by atoms with Gasteiger partial charge in [-0.25, -0.2) is 0 Å². The fourth-order valence-corrected chi connectivity index (χ4v) is 1.91. The topological polar surface area (TPSA) is 42.0 Å². The van der Waals surface area contributed by atoms with Crippen LogP contribution in [-0.4, -0.2) is 16.9 Å². The molecule has 1 N–H and O–H groups in total. The third-order valence-electron chi connectivity index (χ3n) is 3.01. The van der Waals surface area contributed by atoms with Gasteiger partial charge in [-0.2, -0.15) is 0 Å². The summed E-state index contributed by atoms with van der Waals surface area (Å²) in [4.78, 5) is 16.5. The maximum Gasteiger partial charge on any atom is 0.253 e. The zero-order valence-corrected chi connectivity index (χ0v) is 9.97. The van der Waals surface area contributed by atoms with Crippen LogP contribution in [0.5, 0.6) is 0 Å². The summed E-state index contributed by atoms with van der Waals surface area (Å²) in [5.41, 5.74) is 2.37. The summed E-state index contributed by atoms with van der Waals surface area (Å²) in [6, 6.07) is 13.8. The van der Waals surface area contributed by atoms with Crippen LogP contribution in [0.25, 0.3) is 11.3 Å². The van der Waals surface area contributed by atoms with Crippen molar-refractivity contribution in [1.29, 1.82) is 0 Å². The summed E-state index contributed by atoms with van der Waals surface area (Å²) in [6.45, 7) is 0. The van der Waals surface area contributed by atoms with Crippen LogP contribution < -0.4 is 5.32 Å². The second kappa shape index (κ2) is 4.61. The number of benzene rings is 1. The smallest absolute Gasteiger partial charge is 0.253 e. The standard InChI is InChI=1S/C15H14N2O/c18-15(17-12-8-9-12)13-7-4-10-16-14(13)11-5-2-1-3-6-11/h1-7,10,12H,8-9H2,(H,17,18). The fourth-order valence-electron chi connectivity index (χ4n) is 1.91. The number of rotatable bonds is 3. The van der Waals surface area contributed by atoms with Crippen LogP contribution in [0.2, 0.25) is 0 Å². The molecule has 0 radical (unpaired) electrons. The molecule has 0 saturated heterocycles. The van der Waals surface area contributed by atoms with E-state index in [1.165, 1.54) is 0 Å². The highest BCUT2D eigenvalue weighted by Gasteiger charge is 2.25. The largest absolute Gasteiger partial charge is 0.349 e. The summed E-state index contributed by atoms with van der Waals surface area (Å²) in [7, 11) is 0. The van der Waals surface area contributed by atoms with Gasteiger partial charge >= 0.3 is 0 Å². The summed E-state index contributed by atoms with van der Waals surface area (Å²) in [5, 5.41) is 3.00. The van der Waals surface area contributed by atoms with E-state index < -0.39 is 0 Å². The van der Waals surface area contributed by atoms with E-state index in [0.29, 0.717) is 11.6 Å². The molecule has 3 nitrogen and oxygen atoms in total. The predicted molar refractivity (Wildman–Crippen MR) is 70.2 cm³/mol.